The minimum absolute atomic E-state index is 0.104. The zero-order valence-corrected chi connectivity index (χ0v) is 14.2. The van der Waals surface area contributed by atoms with E-state index in [4.69, 9.17) is 0 Å². The Balaban J connectivity index is 2.13. The maximum absolute atomic E-state index is 11.9. The average Bonchev–Trinajstić information content (AvgIpc) is 2.58. The molecule has 2 aromatic rings. The molecule has 0 saturated heterocycles. The lowest BCUT2D eigenvalue weighted by atomic mass is 9.88. The molecule has 0 fully saturated rings. The number of rotatable bonds is 4. The molecule has 1 aliphatic rings. The SMILES string of the molecule is CS(=O)(=O)c1cccc(C2c3ccccc3CCN2C=CC=O)c1. The van der Waals surface area contributed by atoms with Gasteiger partial charge in [0.1, 0.15) is 6.29 Å². The highest BCUT2D eigenvalue weighted by Gasteiger charge is 2.27. The second-order valence-electron chi connectivity index (χ2n) is 5.91. The summed E-state index contributed by atoms with van der Waals surface area (Å²) < 4.78 is 23.8. The van der Waals surface area contributed by atoms with Gasteiger partial charge in [0, 0.05) is 19.0 Å². The summed E-state index contributed by atoms with van der Waals surface area (Å²) in [5.74, 6) is 0. The number of sulfone groups is 1. The third-order valence-electron chi connectivity index (χ3n) is 4.28. The van der Waals surface area contributed by atoms with Crippen molar-refractivity contribution in [1.29, 1.82) is 0 Å². The van der Waals surface area contributed by atoms with Gasteiger partial charge in [0.25, 0.3) is 0 Å². The number of hydrogen-bond acceptors (Lipinski definition) is 4. The number of carbonyl (C=O) groups excluding carboxylic acids is 1. The molecule has 124 valence electrons. The van der Waals surface area contributed by atoms with Gasteiger partial charge in [-0.25, -0.2) is 8.42 Å². The molecule has 0 N–H and O–H groups in total. The van der Waals surface area contributed by atoms with Crippen LogP contribution in [0.4, 0.5) is 0 Å². The predicted molar refractivity (Wildman–Crippen MR) is 93.5 cm³/mol. The molecule has 0 spiro atoms. The molecule has 0 bridgehead atoms. The Morgan fingerprint density at radius 1 is 1.12 bits per heavy atom. The Bertz CT molecular complexity index is 887. The molecule has 1 heterocycles. The summed E-state index contributed by atoms with van der Waals surface area (Å²) in [7, 11) is -3.27. The van der Waals surface area contributed by atoms with Crippen molar-refractivity contribution in [3.8, 4) is 0 Å². The second-order valence-corrected chi connectivity index (χ2v) is 7.93. The van der Waals surface area contributed by atoms with Gasteiger partial charge in [-0.05, 0) is 41.3 Å². The number of carbonyl (C=O) groups is 1. The summed E-state index contributed by atoms with van der Waals surface area (Å²) in [6, 6.07) is 15.1. The van der Waals surface area contributed by atoms with Crippen LogP contribution in [0.1, 0.15) is 22.7 Å². The van der Waals surface area contributed by atoms with Crippen LogP contribution in [0.2, 0.25) is 0 Å². The highest BCUT2D eigenvalue weighted by atomic mass is 32.2. The number of fused-ring (bicyclic) bond motifs is 1. The minimum Gasteiger partial charge on any atom is -0.366 e. The fourth-order valence-corrected chi connectivity index (χ4v) is 3.85. The Morgan fingerprint density at radius 2 is 1.92 bits per heavy atom. The van der Waals surface area contributed by atoms with E-state index < -0.39 is 9.84 Å². The van der Waals surface area contributed by atoms with Gasteiger partial charge in [-0.1, -0.05) is 36.4 Å². The Morgan fingerprint density at radius 3 is 2.67 bits per heavy atom. The topological polar surface area (TPSA) is 54.5 Å². The van der Waals surface area contributed by atoms with Crippen LogP contribution in [0.25, 0.3) is 0 Å². The van der Waals surface area contributed by atoms with Crippen molar-refractivity contribution in [2.24, 2.45) is 0 Å². The molecule has 3 rings (SSSR count). The zero-order valence-electron chi connectivity index (χ0n) is 13.4. The van der Waals surface area contributed by atoms with Crippen LogP contribution in [-0.4, -0.2) is 32.4 Å². The third kappa shape index (κ3) is 3.26. The molecule has 1 atom stereocenters. The van der Waals surface area contributed by atoms with Gasteiger partial charge >= 0.3 is 0 Å². The molecule has 1 aliphatic heterocycles. The van der Waals surface area contributed by atoms with E-state index in [1.165, 1.54) is 17.9 Å². The fraction of sp³-hybridized carbons (Fsp3) is 0.211. The van der Waals surface area contributed by atoms with E-state index >= 15 is 0 Å². The molecule has 5 heteroatoms. The van der Waals surface area contributed by atoms with Crippen molar-refractivity contribution in [3.63, 3.8) is 0 Å². The first kappa shape index (κ1) is 16.5. The molecule has 0 radical (unpaired) electrons. The monoisotopic (exact) mass is 341 g/mol. The van der Waals surface area contributed by atoms with Crippen LogP contribution >= 0.6 is 0 Å². The Kier molecular flexibility index (Phi) is 4.53. The molecule has 0 amide bonds. The predicted octanol–water partition coefficient (Wildman–Crippen LogP) is 2.75. The van der Waals surface area contributed by atoms with Crippen molar-refractivity contribution >= 4 is 16.1 Å². The van der Waals surface area contributed by atoms with Crippen molar-refractivity contribution in [2.45, 2.75) is 17.4 Å². The summed E-state index contributed by atoms with van der Waals surface area (Å²) in [6.45, 7) is 0.773. The van der Waals surface area contributed by atoms with Crippen molar-refractivity contribution < 1.29 is 13.2 Å². The van der Waals surface area contributed by atoms with Gasteiger partial charge < -0.3 is 4.90 Å². The molecular formula is C19H19NO3S. The molecule has 0 aromatic heterocycles. The third-order valence-corrected chi connectivity index (χ3v) is 5.39. The normalized spacial score (nSPS) is 17.7. The van der Waals surface area contributed by atoms with E-state index in [0.717, 1.165) is 30.4 Å². The number of hydrogen-bond donors (Lipinski definition) is 0. The van der Waals surface area contributed by atoms with E-state index in [1.807, 2.05) is 18.2 Å². The lowest BCUT2D eigenvalue weighted by Crippen LogP contribution is -2.32. The highest BCUT2D eigenvalue weighted by Crippen LogP contribution is 2.35. The van der Waals surface area contributed by atoms with Gasteiger partial charge in [0.2, 0.25) is 0 Å². The van der Waals surface area contributed by atoms with Crippen LogP contribution in [0.15, 0.2) is 65.7 Å². The molecule has 24 heavy (non-hydrogen) atoms. The van der Waals surface area contributed by atoms with Crippen LogP contribution in [0.3, 0.4) is 0 Å². The lowest BCUT2D eigenvalue weighted by molar-refractivity contribution is -0.104. The molecular weight excluding hydrogens is 322 g/mol. The maximum atomic E-state index is 11.9. The van der Waals surface area contributed by atoms with E-state index in [2.05, 4.69) is 17.0 Å². The highest BCUT2D eigenvalue weighted by molar-refractivity contribution is 7.90. The first-order chi connectivity index (χ1) is 11.5. The number of benzene rings is 2. The van der Waals surface area contributed by atoms with Crippen LogP contribution < -0.4 is 0 Å². The largest absolute Gasteiger partial charge is 0.366 e. The molecule has 4 nitrogen and oxygen atoms in total. The molecule has 0 saturated carbocycles. The van der Waals surface area contributed by atoms with Gasteiger partial charge in [0.05, 0.1) is 10.9 Å². The fourth-order valence-electron chi connectivity index (χ4n) is 3.18. The van der Waals surface area contributed by atoms with Gasteiger partial charge in [-0.15, -0.1) is 0 Å². The second kappa shape index (κ2) is 6.61. The first-order valence-electron chi connectivity index (χ1n) is 7.76. The van der Waals surface area contributed by atoms with Gasteiger partial charge in [-0.3, -0.25) is 4.79 Å². The van der Waals surface area contributed by atoms with Crippen LogP contribution in [0.5, 0.6) is 0 Å². The lowest BCUT2D eigenvalue weighted by Gasteiger charge is -2.37. The summed E-state index contributed by atoms with van der Waals surface area (Å²) in [5, 5.41) is 0. The maximum Gasteiger partial charge on any atom is 0.175 e. The van der Waals surface area contributed by atoms with E-state index in [1.54, 1.807) is 24.4 Å². The summed E-state index contributed by atoms with van der Waals surface area (Å²) in [6.07, 6.45) is 6.11. The standard InChI is InChI=1S/C19H19NO3S/c1-24(22,23)17-8-4-7-16(14-17)19-18-9-3-2-6-15(18)10-12-20(19)11-5-13-21/h2-9,11,13-14,19H,10,12H2,1H3. The number of aldehydes is 1. The van der Waals surface area contributed by atoms with Crippen LogP contribution in [-0.2, 0) is 21.1 Å². The van der Waals surface area contributed by atoms with E-state index in [9.17, 15) is 13.2 Å². The summed E-state index contributed by atoms with van der Waals surface area (Å²) in [5.41, 5.74) is 3.30. The number of allylic oxidation sites excluding steroid dienone is 1. The van der Waals surface area contributed by atoms with Crippen LogP contribution in [0, 0.1) is 0 Å². The van der Waals surface area contributed by atoms with E-state index in [0.29, 0.717) is 4.90 Å². The summed E-state index contributed by atoms with van der Waals surface area (Å²) >= 11 is 0. The first-order valence-corrected chi connectivity index (χ1v) is 9.65. The van der Waals surface area contributed by atoms with Crippen molar-refractivity contribution in [3.05, 3.63) is 77.5 Å². The zero-order chi connectivity index (χ0) is 17.2. The smallest absolute Gasteiger partial charge is 0.175 e. The number of nitrogens with zero attached hydrogens (tertiary/aromatic N) is 1. The van der Waals surface area contributed by atoms with Crippen molar-refractivity contribution in [1.82, 2.24) is 4.90 Å². The van der Waals surface area contributed by atoms with Crippen molar-refractivity contribution in [2.75, 3.05) is 12.8 Å². The quantitative estimate of drug-likeness (QED) is 0.634. The molecule has 0 aliphatic carbocycles. The molecule has 2 aromatic carbocycles. The summed E-state index contributed by atoms with van der Waals surface area (Å²) in [4.78, 5) is 13.1. The van der Waals surface area contributed by atoms with Gasteiger partial charge in [-0.2, -0.15) is 0 Å². The Labute approximate surface area is 142 Å². The Hall–Kier alpha value is -2.40. The van der Waals surface area contributed by atoms with Gasteiger partial charge in [0.15, 0.2) is 9.84 Å². The average molecular weight is 341 g/mol. The molecule has 1 unspecified atom stereocenters. The minimum atomic E-state index is -3.27. The van der Waals surface area contributed by atoms with E-state index in [-0.39, 0.29) is 6.04 Å².